The number of rotatable bonds is 3. The Balaban J connectivity index is 1.91. The molecule has 0 saturated carbocycles. The van der Waals surface area contributed by atoms with Crippen LogP contribution in [0.4, 0.5) is 13.2 Å². The first kappa shape index (κ1) is 19.3. The van der Waals surface area contributed by atoms with Crippen molar-refractivity contribution < 1.29 is 22.7 Å². The second-order valence-electron chi connectivity index (χ2n) is 6.93. The number of carbonyl (C=O) groups is 1. The van der Waals surface area contributed by atoms with E-state index in [1.54, 1.807) is 7.11 Å². The first-order valence-electron chi connectivity index (χ1n) is 8.89. The Hall–Kier alpha value is -2.50. The first-order valence-corrected chi connectivity index (χ1v) is 8.89. The SMILES string of the molecule is COc1cc2c(cc1Cc1ccccc1)[C@H](C)CN(C(=O)C(F)(F)F)CC2. The number of nitrogens with zero attached hydrogens (tertiary/aromatic N) is 1. The van der Waals surface area contributed by atoms with Crippen molar-refractivity contribution in [3.8, 4) is 5.75 Å². The minimum Gasteiger partial charge on any atom is -0.496 e. The molecule has 144 valence electrons. The summed E-state index contributed by atoms with van der Waals surface area (Å²) in [5, 5.41) is 0. The molecule has 1 amide bonds. The van der Waals surface area contributed by atoms with Gasteiger partial charge in [-0.1, -0.05) is 43.3 Å². The summed E-state index contributed by atoms with van der Waals surface area (Å²) in [7, 11) is 1.59. The van der Waals surface area contributed by atoms with Crippen LogP contribution < -0.4 is 4.74 Å². The summed E-state index contributed by atoms with van der Waals surface area (Å²) in [6.07, 6.45) is -3.79. The van der Waals surface area contributed by atoms with E-state index in [4.69, 9.17) is 4.74 Å². The molecule has 1 aliphatic heterocycles. The lowest BCUT2D eigenvalue weighted by Gasteiger charge is -2.24. The van der Waals surface area contributed by atoms with Crippen LogP contribution in [-0.2, 0) is 17.6 Å². The predicted octanol–water partition coefficient (Wildman–Crippen LogP) is 4.34. The second-order valence-corrected chi connectivity index (χ2v) is 6.93. The Kier molecular flexibility index (Phi) is 5.44. The summed E-state index contributed by atoms with van der Waals surface area (Å²) < 4.78 is 44.0. The molecule has 1 aliphatic rings. The van der Waals surface area contributed by atoms with E-state index in [0.717, 1.165) is 32.9 Å². The van der Waals surface area contributed by atoms with Crippen LogP contribution >= 0.6 is 0 Å². The van der Waals surface area contributed by atoms with Crippen LogP contribution in [0, 0.1) is 0 Å². The smallest absolute Gasteiger partial charge is 0.471 e. The molecule has 3 rings (SSSR count). The zero-order chi connectivity index (χ0) is 19.6. The lowest BCUT2D eigenvalue weighted by Crippen LogP contribution is -2.42. The van der Waals surface area contributed by atoms with Gasteiger partial charge in [0.1, 0.15) is 5.75 Å². The molecule has 0 unspecified atom stereocenters. The highest BCUT2D eigenvalue weighted by molar-refractivity contribution is 5.82. The number of amides is 1. The number of benzene rings is 2. The highest BCUT2D eigenvalue weighted by Crippen LogP contribution is 2.33. The predicted molar refractivity (Wildman–Crippen MR) is 97.0 cm³/mol. The van der Waals surface area contributed by atoms with Crippen molar-refractivity contribution in [2.75, 3.05) is 20.2 Å². The summed E-state index contributed by atoms with van der Waals surface area (Å²) in [6, 6.07) is 13.9. The summed E-state index contributed by atoms with van der Waals surface area (Å²) in [5.74, 6) is -1.23. The molecular formula is C21H22F3NO2. The summed E-state index contributed by atoms with van der Waals surface area (Å²) in [6.45, 7) is 1.97. The fourth-order valence-corrected chi connectivity index (χ4v) is 3.64. The maximum Gasteiger partial charge on any atom is 0.471 e. The molecule has 0 bridgehead atoms. The van der Waals surface area contributed by atoms with Crippen molar-refractivity contribution in [1.29, 1.82) is 0 Å². The highest BCUT2D eigenvalue weighted by Gasteiger charge is 2.43. The van der Waals surface area contributed by atoms with Gasteiger partial charge in [0.25, 0.3) is 0 Å². The molecule has 0 N–H and O–H groups in total. The maximum atomic E-state index is 12.8. The van der Waals surface area contributed by atoms with E-state index in [2.05, 4.69) is 0 Å². The normalized spacial score (nSPS) is 17.2. The largest absolute Gasteiger partial charge is 0.496 e. The number of halogens is 3. The molecule has 0 aliphatic carbocycles. The third kappa shape index (κ3) is 4.26. The number of fused-ring (bicyclic) bond motifs is 1. The van der Waals surface area contributed by atoms with E-state index in [9.17, 15) is 18.0 Å². The van der Waals surface area contributed by atoms with Gasteiger partial charge in [-0.15, -0.1) is 0 Å². The number of methoxy groups -OCH3 is 1. The fraction of sp³-hybridized carbons (Fsp3) is 0.381. The number of alkyl halides is 3. The minimum atomic E-state index is -4.84. The van der Waals surface area contributed by atoms with Gasteiger partial charge in [0.15, 0.2) is 0 Å². The van der Waals surface area contributed by atoms with Crippen molar-refractivity contribution in [1.82, 2.24) is 4.90 Å². The number of ether oxygens (including phenoxy) is 1. The van der Waals surface area contributed by atoms with Crippen molar-refractivity contribution in [3.05, 3.63) is 64.7 Å². The van der Waals surface area contributed by atoms with E-state index >= 15 is 0 Å². The van der Waals surface area contributed by atoms with E-state index in [1.807, 2.05) is 49.4 Å². The van der Waals surface area contributed by atoms with Crippen LogP contribution in [0.5, 0.6) is 5.75 Å². The van der Waals surface area contributed by atoms with Gasteiger partial charge in [-0.3, -0.25) is 4.79 Å². The van der Waals surface area contributed by atoms with Gasteiger partial charge in [0, 0.05) is 19.5 Å². The van der Waals surface area contributed by atoms with E-state index in [-0.39, 0.29) is 19.0 Å². The van der Waals surface area contributed by atoms with E-state index in [1.165, 1.54) is 0 Å². The lowest BCUT2D eigenvalue weighted by atomic mass is 9.91. The van der Waals surface area contributed by atoms with Crippen LogP contribution in [0.1, 0.15) is 35.1 Å². The van der Waals surface area contributed by atoms with Crippen molar-refractivity contribution in [2.24, 2.45) is 0 Å². The van der Waals surface area contributed by atoms with Gasteiger partial charge in [0.2, 0.25) is 0 Å². The molecule has 1 heterocycles. The molecule has 2 aromatic carbocycles. The first-order chi connectivity index (χ1) is 12.8. The van der Waals surface area contributed by atoms with E-state index < -0.39 is 12.1 Å². The van der Waals surface area contributed by atoms with Crippen molar-refractivity contribution in [2.45, 2.75) is 31.9 Å². The van der Waals surface area contributed by atoms with Gasteiger partial charge >= 0.3 is 12.1 Å². The Morgan fingerprint density at radius 3 is 2.56 bits per heavy atom. The second kappa shape index (κ2) is 7.62. The van der Waals surface area contributed by atoms with Gasteiger partial charge in [0.05, 0.1) is 7.11 Å². The van der Waals surface area contributed by atoms with Crippen LogP contribution in [0.15, 0.2) is 42.5 Å². The summed E-state index contributed by atoms with van der Waals surface area (Å²) >= 11 is 0. The molecular weight excluding hydrogens is 355 g/mol. The Morgan fingerprint density at radius 2 is 1.93 bits per heavy atom. The summed E-state index contributed by atoms with van der Waals surface area (Å²) in [4.78, 5) is 12.6. The fourth-order valence-electron chi connectivity index (χ4n) is 3.64. The highest BCUT2D eigenvalue weighted by atomic mass is 19.4. The van der Waals surface area contributed by atoms with Crippen LogP contribution in [-0.4, -0.2) is 37.2 Å². The van der Waals surface area contributed by atoms with Gasteiger partial charge in [-0.2, -0.15) is 13.2 Å². The third-order valence-electron chi connectivity index (χ3n) is 4.99. The molecule has 0 spiro atoms. The van der Waals surface area contributed by atoms with Crippen LogP contribution in [0.25, 0.3) is 0 Å². The molecule has 6 heteroatoms. The quantitative estimate of drug-likeness (QED) is 0.797. The average molecular weight is 377 g/mol. The monoisotopic (exact) mass is 377 g/mol. The topological polar surface area (TPSA) is 29.5 Å². The average Bonchev–Trinajstić information content (AvgIpc) is 2.79. The standard InChI is InChI=1S/C21H22F3NO2/c1-14-13-25(20(26)21(22,23)24)9-8-16-12-19(27-2)17(11-18(14)16)10-15-6-4-3-5-7-15/h3-7,11-12,14H,8-10,13H2,1-2H3/t14-/m1/s1. The minimum absolute atomic E-state index is 0.0524. The number of hydrogen-bond acceptors (Lipinski definition) is 2. The van der Waals surface area contributed by atoms with Gasteiger partial charge in [-0.05, 0) is 40.7 Å². The molecule has 0 radical (unpaired) electrons. The Bertz CT molecular complexity index is 818. The number of carbonyl (C=O) groups excluding carboxylic acids is 1. The molecule has 27 heavy (non-hydrogen) atoms. The Morgan fingerprint density at radius 1 is 1.22 bits per heavy atom. The van der Waals surface area contributed by atoms with E-state index in [0.29, 0.717) is 12.8 Å². The molecule has 1 atom stereocenters. The molecule has 0 fully saturated rings. The van der Waals surface area contributed by atoms with Crippen LogP contribution in [0.3, 0.4) is 0 Å². The molecule has 0 aromatic heterocycles. The third-order valence-corrected chi connectivity index (χ3v) is 4.99. The van der Waals surface area contributed by atoms with Crippen molar-refractivity contribution in [3.63, 3.8) is 0 Å². The zero-order valence-corrected chi connectivity index (χ0v) is 15.3. The number of hydrogen-bond donors (Lipinski definition) is 0. The summed E-state index contributed by atoms with van der Waals surface area (Å²) in [5.41, 5.74) is 4.05. The maximum absolute atomic E-state index is 12.8. The van der Waals surface area contributed by atoms with Crippen molar-refractivity contribution >= 4 is 5.91 Å². The Labute approximate surface area is 156 Å². The zero-order valence-electron chi connectivity index (χ0n) is 15.3. The lowest BCUT2D eigenvalue weighted by molar-refractivity contribution is -0.185. The molecule has 0 saturated heterocycles. The van der Waals surface area contributed by atoms with Gasteiger partial charge in [-0.25, -0.2) is 0 Å². The molecule has 3 nitrogen and oxygen atoms in total. The van der Waals surface area contributed by atoms with Gasteiger partial charge < -0.3 is 9.64 Å². The van der Waals surface area contributed by atoms with Crippen LogP contribution in [0.2, 0.25) is 0 Å². The molecule has 2 aromatic rings.